The summed E-state index contributed by atoms with van der Waals surface area (Å²) in [6.07, 6.45) is 3.08. The van der Waals surface area contributed by atoms with Gasteiger partial charge in [-0.05, 0) is 18.9 Å². The van der Waals surface area contributed by atoms with Crippen LogP contribution in [0.3, 0.4) is 0 Å². The minimum absolute atomic E-state index is 0.676. The van der Waals surface area contributed by atoms with Gasteiger partial charge < -0.3 is 0 Å². The fraction of sp³-hybridized carbons (Fsp3) is 0.800. The van der Waals surface area contributed by atoms with E-state index in [1.54, 1.807) is 4.80 Å². The van der Waals surface area contributed by atoms with E-state index >= 15 is 0 Å². The Morgan fingerprint density at radius 3 is 3.00 bits per heavy atom. The van der Waals surface area contributed by atoms with Gasteiger partial charge in [-0.3, -0.25) is 4.90 Å². The summed E-state index contributed by atoms with van der Waals surface area (Å²) in [7, 11) is 1.86. The molecule has 2 heterocycles. The van der Waals surface area contributed by atoms with Gasteiger partial charge in [0.05, 0.1) is 11.9 Å². The first-order chi connectivity index (χ1) is 7.15. The van der Waals surface area contributed by atoms with Crippen LogP contribution in [-0.4, -0.2) is 37.8 Å². The number of likely N-dealkylation sites (tertiary alicyclic amines) is 1. The van der Waals surface area contributed by atoms with E-state index in [0.717, 1.165) is 31.2 Å². The Labute approximate surface area is 98.8 Å². The highest BCUT2D eigenvalue weighted by molar-refractivity contribution is 9.09. The summed E-state index contributed by atoms with van der Waals surface area (Å²) >= 11 is 3.71. The van der Waals surface area contributed by atoms with Crippen molar-refractivity contribution in [2.45, 2.75) is 24.7 Å². The minimum Gasteiger partial charge on any atom is -0.297 e. The molecular weight excluding hydrogens is 256 g/mol. The molecule has 0 aliphatic carbocycles. The second-order valence-electron chi connectivity index (χ2n) is 4.34. The second-order valence-corrected chi connectivity index (χ2v) is 5.52. The molecule has 0 saturated carbocycles. The van der Waals surface area contributed by atoms with Crippen molar-refractivity contribution in [3.63, 3.8) is 0 Å². The highest BCUT2D eigenvalue weighted by atomic mass is 79.9. The lowest BCUT2D eigenvalue weighted by Gasteiger charge is -2.33. The van der Waals surface area contributed by atoms with Crippen LogP contribution in [0.15, 0.2) is 6.20 Å². The third-order valence-electron chi connectivity index (χ3n) is 2.92. The van der Waals surface area contributed by atoms with Crippen LogP contribution in [0.2, 0.25) is 0 Å². The number of alkyl halides is 1. The maximum atomic E-state index is 4.30. The molecule has 2 unspecified atom stereocenters. The number of hydrogen-bond acceptors (Lipinski definition) is 3. The molecule has 1 aromatic rings. The lowest BCUT2D eigenvalue weighted by molar-refractivity contribution is 0.181. The molecule has 1 saturated heterocycles. The zero-order valence-corrected chi connectivity index (χ0v) is 10.8. The van der Waals surface area contributed by atoms with Crippen LogP contribution < -0.4 is 0 Å². The molecule has 1 aliphatic rings. The van der Waals surface area contributed by atoms with E-state index in [4.69, 9.17) is 0 Å². The van der Waals surface area contributed by atoms with Crippen molar-refractivity contribution in [2.24, 2.45) is 13.0 Å². The van der Waals surface area contributed by atoms with E-state index in [1.165, 1.54) is 6.42 Å². The predicted octanol–water partition coefficient (Wildman–Crippen LogP) is 1.42. The normalized spacial score (nSPS) is 28.2. The monoisotopic (exact) mass is 272 g/mol. The first kappa shape index (κ1) is 11.1. The zero-order chi connectivity index (χ0) is 10.8. The van der Waals surface area contributed by atoms with Crippen LogP contribution in [0.25, 0.3) is 0 Å². The lowest BCUT2D eigenvalue weighted by Crippen LogP contribution is -2.39. The number of rotatable bonds is 2. The standard InChI is InChI=1S/C10H17BrN4/c1-8-6-15(4-3-10(8)11)7-9-5-12-14(2)13-9/h5,8,10H,3-4,6-7H2,1-2H3. The van der Waals surface area contributed by atoms with Gasteiger partial charge >= 0.3 is 0 Å². The van der Waals surface area contributed by atoms with Crippen LogP contribution in [0.5, 0.6) is 0 Å². The minimum atomic E-state index is 0.676. The Morgan fingerprint density at radius 1 is 1.60 bits per heavy atom. The molecule has 0 N–H and O–H groups in total. The molecule has 0 amide bonds. The van der Waals surface area contributed by atoms with Gasteiger partial charge in [-0.15, -0.1) is 0 Å². The third kappa shape index (κ3) is 2.78. The number of aryl methyl sites for hydroxylation is 1. The molecule has 5 heteroatoms. The van der Waals surface area contributed by atoms with Crippen LogP contribution >= 0.6 is 15.9 Å². The Morgan fingerprint density at radius 2 is 2.40 bits per heavy atom. The van der Waals surface area contributed by atoms with Crippen LogP contribution in [-0.2, 0) is 13.6 Å². The summed E-state index contributed by atoms with van der Waals surface area (Å²) in [5.41, 5.74) is 1.07. The predicted molar refractivity (Wildman–Crippen MR) is 62.8 cm³/mol. The van der Waals surface area contributed by atoms with Crippen LogP contribution in [0.1, 0.15) is 19.0 Å². The molecule has 2 atom stereocenters. The van der Waals surface area contributed by atoms with E-state index in [1.807, 2.05) is 13.2 Å². The van der Waals surface area contributed by atoms with Gasteiger partial charge in [-0.1, -0.05) is 22.9 Å². The molecule has 1 fully saturated rings. The van der Waals surface area contributed by atoms with E-state index in [0.29, 0.717) is 4.83 Å². The summed E-state index contributed by atoms with van der Waals surface area (Å²) in [5.74, 6) is 0.718. The van der Waals surface area contributed by atoms with Crippen molar-refractivity contribution in [3.8, 4) is 0 Å². The molecule has 0 aromatic carbocycles. The Balaban J connectivity index is 1.90. The quantitative estimate of drug-likeness (QED) is 0.764. The summed E-state index contributed by atoms with van der Waals surface area (Å²) in [4.78, 5) is 4.75. The fourth-order valence-corrected chi connectivity index (χ4v) is 2.41. The summed E-state index contributed by atoms with van der Waals surface area (Å²) in [5, 5.41) is 8.39. The van der Waals surface area contributed by atoms with Crippen molar-refractivity contribution >= 4 is 15.9 Å². The van der Waals surface area contributed by atoms with Gasteiger partial charge in [-0.25, -0.2) is 0 Å². The first-order valence-electron chi connectivity index (χ1n) is 5.37. The molecule has 0 spiro atoms. The second kappa shape index (κ2) is 4.61. The molecule has 1 aliphatic heterocycles. The molecule has 1 aromatic heterocycles. The SMILES string of the molecule is CC1CN(Cc2cnn(C)n2)CCC1Br. The smallest absolute Gasteiger partial charge is 0.0967 e. The average molecular weight is 273 g/mol. The Hall–Kier alpha value is -0.420. The van der Waals surface area contributed by atoms with Gasteiger partial charge in [0.2, 0.25) is 0 Å². The summed E-state index contributed by atoms with van der Waals surface area (Å²) < 4.78 is 0. The summed E-state index contributed by atoms with van der Waals surface area (Å²) in [6, 6.07) is 0. The molecule has 0 radical (unpaired) electrons. The number of piperidine rings is 1. The maximum absolute atomic E-state index is 4.30. The number of aromatic nitrogens is 3. The lowest BCUT2D eigenvalue weighted by atomic mass is 10.00. The van der Waals surface area contributed by atoms with Gasteiger partial charge in [0, 0.05) is 25.0 Å². The third-order valence-corrected chi connectivity index (χ3v) is 4.28. The van der Waals surface area contributed by atoms with Crippen molar-refractivity contribution in [1.82, 2.24) is 19.9 Å². The van der Waals surface area contributed by atoms with E-state index in [2.05, 4.69) is 38.0 Å². The van der Waals surface area contributed by atoms with Crippen molar-refractivity contribution in [1.29, 1.82) is 0 Å². The maximum Gasteiger partial charge on any atom is 0.0967 e. The molecule has 4 nitrogen and oxygen atoms in total. The van der Waals surface area contributed by atoms with Gasteiger partial charge in [0.25, 0.3) is 0 Å². The number of nitrogens with zero attached hydrogens (tertiary/aromatic N) is 4. The van der Waals surface area contributed by atoms with Gasteiger partial charge in [-0.2, -0.15) is 15.0 Å². The largest absolute Gasteiger partial charge is 0.297 e. The first-order valence-corrected chi connectivity index (χ1v) is 6.28. The van der Waals surface area contributed by atoms with E-state index < -0.39 is 0 Å². The molecule has 84 valence electrons. The fourth-order valence-electron chi connectivity index (χ4n) is 2.04. The highest BCUT2D eigenvalue weighted by Gasteiger charge is 2.24. The van der Waals surface area contributed by atoms with Crippen molar-refractivity contribution in [3.05, 3.63) is 11.9 Å². The van der Waals surface area contributed by atoms with E-state index in [9.17, 15) is 0 Å². The molecular formula is C10H17BrN4. The van der Waals surface area contributed by atoms with Crippen LogP contribution in [0, 0.1) is 5.92 Å². The summed E-state index contributed by atoms with van der Waals surface area (Å²) in [6.45, 7) is 5.52. The van der Waals surface area contributed by atoms with E-state index in [-0.39, 0.29) is 0 Å². The Kier molecular flexibility index (Phi) is 3.41. The van der Waals surface area contributed by atoms with Gasteiger partial charge in [0.15, 0.2) is 0 Å². The zero-order valence-electron chi connectivity index (χ0n) is 9.23. The number of halogens is 1. The average Bonchev–Trinajstić information content (AvgIpc) is 2.58. The van der Waals surface area contributed by atoms with Gasteiger partial charge in [0.1, 0.15) is 0 Å². The highest BCUT2D eigenvalue weighted by Crippen LogP contribution is 2.23. The molecule has 2 rings (SSSR count). The van der Waals surface area contributed by atoms with Crippen LogP contribution in [0.4, 0.5) is 0 Å². The topological polar surface area (TPSA) is 34.0 Å². The molecule has 0 bridgehead atoms. The molecule has 15 heavy (non-hydrogen) atoms. The van der Waals surface area contributed by atoms with Crippen molar-refractivity contribution < 1.29 is 0 Å². The van der Waals surface area contributed by atoms with Crippen molar-refractivity contribution in [2.75, 3.05) is 13.1 Å². The number of hydrogen-bond donors (Lipinski definition) is 0. The Bertz CT molecular complexity index is 325.